The number of nitrogens with one attached hydrogen (secondary N) is 1. The first-order valence-corrected chi connectivity index (χ1v) is 7.50. The first-order valence-electron chi connectivity index (χ1n) is 7.50. The van der Waals surface area contributed by atoms with E-state index in [-0.39, 0.29) is 0 Å². The molecule has 2 heterocycles. The second-order valence-corrected chi connectivity index (χ2v) is 7.20. The van der Waals surface area contributed by atoms with Crippen LogP contribution in [0.4, 0.5) is 4.39 Å². The molecule has 0 spiro atoms. The van der Waals surface area contributed by atoms with Gasteiger partial charge in [0.1, 0.15) is 5.67 Å². The van der Waals surface area contributed by atoms with Crippen LogP contribution in [0.25, 0.3) is 0 Å². The summed E-state index contributed by atoms with van der Waals surface area (Å²) >= 11 is 0. The van der Waals surface area contributed by atoms with Gasteiger partial charge in [-0.05, 0) is 62.7 Å². The highest BCUT2D eigenvalue weighted by atomic mass is 19.1. The highest BCUT2D eigenvalue weighted by Gasteiger charge is 2.49. The van der Waals surface area contributed by atoms with Gasteiger partial charge in [0.05, 0.1) is 0 Å². The molecular formula is C15H26FN. The molecule has 1 aliphatic carbocycles. The van der Waals surface area contributed by atoms with Crippen LogP contribution in [0.5, 0.6) is 0 Å². The smallest absolute Gasteiger partial charge is 0.116 e. The second-order valence-electron chi connectivity index (χ2n) is 7.20. The third kappa shape index (κ3) is 2.25. The van der Waals surface area contributed by atoms with Crippen LogP contribution in [0.3, 0.4) is 0 Å². The van der Waals surface area contributed by atoms with Crippen molar-refractivity contribution < 1.29 is 4.39 Å². The standard InChI is InChI=1S/C15H26FN/c1-10-5-11(2)7-12(6-10)15(16)8-13-3-4-14(9-15)17-13/h10-14,17H,3-9H2,1-2H3. The molecule has 3 rings (SSSR count). The lowest BCUT2D eigenvalue weighted by atomic mass is 9.67. The quantitative estimate of drug-likeness (QED) is 0.736. The average molecular weight is 239 g/mol. The van der Waals surface area contributed by atoms with E-state index in [1.54, 1.807) is 0 Å². The Bertz CT molecular complexity index is 269. The van der Waals surface area contributed by atoms with E-state index in [1.807, 2.05) is 0 Å². The Labute approximate surface area is 105 Å². The molecule has 1 N–H and O–H groups in total. The number of hydrogen-bond acceptors (Lipinski definition) is 1. The molecule has 2 saturated heterocycles. The van der Waals surface area contributed by atoms with Gasteiger partial charge in [-0.25, -0.2) is 4.39 Å². The fraction of sp³-hybridized carbons (Fsp3) is 1.00. The monoisotopic (exact) mass is 239 g/mol. The lowest BCUT2D eigenvalue weighted by Crippen LogP contribution is -2.51. The van der Waals surface area contributed by atoms with Crippen molar-refractivity contribution in [2.45, 2.75) is 76.5 Å². The van der Waals surface area contributed by atoms with Crippen LogP contribution >= 0.6 is 0 Å². The third-order valence-electron chi connectivity index (χ3n) is 5.42. The van der Waals surface area contributed by atoms with Gasteiger partial charge in [-0.2, -0.15) is 0 Å². The molecule has 0 aromatic carbocycles. The Hall–Kier alpha value is -0.110. The van der Waals surface area contributed by atoms with Crippen molar-refractivity contribution in [3.63, 3.8) is 0 Å². The fourth-order valence-electron chi connectivity index (χ4n) is 4.83. The summed E-state index contributed by atoms with van der Waals surface area (Å²) in [5.41, 5.74) is -0.847. The molecule has 4 unspecified atom stereocenters. The second kappa shape index (κ2) is 4.22. The molecule has 2 aliphatic heterocycles. The summed E-state index contributed by atoms with van der Waals surface area (Å²) in [6.07, 6.45) is 7.53. The maximum atomic E-state index is 15.3. The predicted octanol–water partition coefficient (Wildman–Crippen LogP) is 3.68. The van der Waals surface area contributed by atoms with Gasteiger partial charge in [-0.1, -0.05) is 13.8 Å². The molecule has 2 bridgehead atoms. The molecule has 1 saturated carbocycles. The number of fused-ring (bicyclic) bond motifs is 2. The van der Waals surface area contributed by atoms with Gasteiger partial charge >= 0.3 is 0 Å². The molecule has 0 aromatic rings. The molecule has 3 fully saturated rings. The topological polar surface area (TPSA) is 12.0 Å². The van der Waals surface area contributed by atoms with Crippen molar-refractivity contribution in [2.24, 2.45) is 17.8 Å². The number of rotatable bonds is 1. The average Bonchev–Trinajstić information content (AvgIpc) is 2.57. The van der Waals surface area contributed by atoms with Crippen molar-refractivity contribution in [1.29, 1.82) is 0 Å². The van der Waals surface area contributed by atoms with Crippen molar-refractivity contribution in [1.82, 2.24) is 5.32 Å². The Morgan fingerprint density at radius 1 is 0.941 bits per heavy atom. The Kier molecular flexibility index (Phi) is 2.97. The minimum atomic E-state index is -0.847. The van der Waals surface area contributed by atoms with Crippen LogP contribution in [-0.2, 0) is 0 Å². The van der Waals surface area contributed by atoms with Gasteiger partial charge in [0.2, 0.25) is 0 Å². The molecule has 3 aliphatic rings. The van der Waals surface area contributed by atoms with E-state index in [9.17, 15) is 0 Å². The Morgan fingerprint density at radius 2 is 1.47 bits per heavy atom. The summed E-state index contributed by atoms with van der Waals surface area (Å²) < 4.78 is 15.3. The minimum absolute atomic E-state index is 0.339. The summed E-state index contributed by atoms with van der Waals surface area (Å²) in [6, 6.07) is 0.956. The maximum absolute atomic E-state index is 15.3. The summed E-state index contributed by atoms with van der Waals surface area (Å²) in [7, 11) is 0. The molecule has 0 amide bonds. The number of piperidine rings is 1. The van der Waals surface area contributed by atoms with Gasteiger partial charge in [-0.15, -0.1) is 0 Å². The van der Waals surface area contributed by atoms with E-state index in [0.717, 1.165) is 37.5 Å². The van der Waals surface area contributed by atoms with Crippen molar-refractivity contribution in [3.05, 3.63) is 0 Å². The van der Waals surface area contributed by atoms with Crippen LogP contribution in [0, 0.1) is 17.8 Å². The molecule has 17 heavy (non-hydrogen) atoms. The lowest BCUT2D eigenvalue weighted by molar-refractivity contribution is -0.0112. The first kappa shape index (κ1) is 12.0. The summed E-state index contributed by atoms with van der Waals surface area (Å²) in [4.78, 5) is 0. The summed E-state index contributed by atoms with van der Waals surface area (Å²) in [5, 5.41) is 3.57. The van der Waals surface area contributed by atoms with Gasteiger partial charge in [0.15, 0.2) is 0 Å². The van der Waals surface area contributed by atoms with Crippen LogP contribution in [-0.4, -0.2) is 17.8 Å². The maximum Gasteiger partial charge on any atom is 0.116 e. The van der Waals surface area contributed by atoms with E-state index >= 15 is 4.39 Å². The minimum Gasteiger partial charge on any atom is -0.311 e. The third-order valence-corrected chi connectivity index (χ3v) is 5.42. The van der Waals surface area contributed by atoms with Gasteiger partial charge in [-0.3, -0.25) is 0 Å². The van der Waals surface area contributed by atoms with E-state index in [4.69, 9.17) is 0 Å². The molecular weight excluding hydrogens is 213 g/mol. The van der Waals surface area contributed by atoms with Crippen molar-refractivity contribution >= 4 is 0 Å². The normalized spacial score (nSPS) is 54.9. The van der Waals surface area contributed by atoms with Gasteiger partial charge in [0, 0.05) is 12.1 Å². The van der Waals surface area contributed by atoms with Crippen molar-refractivity contribution in [3.8, 4) is 0 Å². The zero-order valence-corrected chi connectivity index (χ0v) is 11.2. The SMILES string of the molecule is CC1CC(C)CC(C2(F)CC3CCC(C2)N3)C1. The number of alkyl halides is 1. The number of hydrogen-bond donors (Lipinski definition) is 1. The zero-order chi connectivity index (χ0) is 12.0. The van der Waals surface area contributed by atoms with Crippen molar-refractivity contribution in [2.75, 3.05) is 0 Å². The molecule has 1 nitrogen and oxygen atoms in total. The van der Waals surface area contributed by atoms with Crippen LogP contribution in [0.2, 0.25) is 0 Å². The van der Waals surface area contributed by atoms with E-state index in [1.165, 1.54) is 19.3 Å². The van der Waals surface area contributed by atoms with Gasteiger partial charge in [0.25, 0.3) is 0 Å². The molecule has 4 atom stereocenters. The summed E-state index contributed by atoms with van der Waals surface area (Å²) in [6.45, 7) is 4.61. The highest BCUT2D eigenvalue weighted by molar-refractivity contribution is 5.04. The van der Waals surface area contributed by atoms with Crippen LogP contribution in [0.1, 0.15) is 58.8 Å². The van der Waals surface area contributed by atoms with Crippen LogP contribution in [0.15, 0.2) is 0 Å². The Morgan fingerprint density at radius 3 is 2.00 bits per heavy atom. The molecule has 98 valence electrons. The lowest BCUT2D eigenvalue weighted by Gasteiger charge is -2.45. The fourth-order valence-corrected chi connectivity index (χ4v) is 4.83. The van der Waals surface area contributed by atoms with E-state index in [2.05, 4.69) is 19.2 Å². The first-order chi connectivity index (χ1) is 8.05. The van der Waals surface area contributed by atoms with Gasteiger partial charge < -0.3 is 5.32 Å². The number of halogens is 1. The molecule has 2 heteroatoms. The zero-order valence-electron chi connectivity index (χ0n) is 11.2. The van der Waals surface area contributed by atoms with Crippen LogP contribution < -0.4 is 5.32 Å². The molecule has 0 aromatic heterocycles. The largest absolute Gasteiger partial charge is 0.311 e. The van der Waals surface area contributed by atoms with E-state index in [0.29, 0.717) is 18.0 Å². The summed E-state index contributed by atoms with van der Waals surface area (Å²) in [5.74, 6) is 1.79. The Balaban J connectivity index is 1.73. The van der Waals surface area contributed by atoms with E-state index < -0.39 is 5.67 Å². The molecule has 0 radical (unpaired) electrons. The highest BCUT2D eigenvalue weighted by Crippen LogP contribution is 2.48. The predicted molar refractivity (Wildman–Crippen MR) is 68.7 cm³/mol.